The van der Waals surface area contributed by atoms with Crippen molar-refractivity contribution in [3.63, 3.8) is 0 Å². The Labute approximate surface area is 155 Å². The van der Waals surface area contributed by atoms with Crippen LogP contribution in [0.25, 0.3) is 10.9 Å². The summed E-state index contributed by atoms with van der Waals surface area (Å²) in [6, 6.07) is 14.4. The first-order valence-corrected chi connectivity index (χ1v) is 8.56. The number of H-pyrrole nitrogens is 1. The number of methoxy groups -OCH3 is 1. The van der Waals surface area contributed by atoms with Crippen molar-refractivity contribution in [2.75, 3.05) is 7.11 Å². The number of aromatic amines is 1. The van der Waals surface area contributed by atoms with Crippen molar-refractivity contribution in [2.24, 2.45) is 10.2 Å². The number of carbonyl (C=O) groups excluding carboxylic acids is 1. The van der Waals surface area contributed by atoms with Crippen LogP contribution in [0.5, 0.6) is 11.6 Å². The number of carbonyl (C=O) groups is 1. The van der Waals surface area contributed by atoms with E-state index < -0.39 is 11.9 Å². The van der Waals surface area contributed by atoms with Crippen LogP contribution in [-0.4, -0.2) is 29.1 Å². The normalized spacial score (nSPS) is 19.7. The summed E-state index contributed by atoms with van der Waals surface area (Å²) in [6.07, 6.45) is 0.533. The third-order valence-corrected chi connectivity index (χ3v) is 4.61. The van der Waals surface area contributed by atoms with Crippen LogP contribution in [0.15, 0.2) is 58.8 Å². The van der Waals surface area contributed by atoms with Gasteiger partial charge in [-0.05, 0) is 30.2 Å². The maximum Gasteiger partial charge on any atom is 0.282 e. The average Bonchev–Trinajstić information content (AvgIpc) is 3.31. The lowest BCUT2D eigenvalue weighted by atomic mass is 10.0. The van der Waals surface area contributed by atoms with Crippen molar-refractivity contribution in [1.29, 1.82) is 0 Å². The highest BCUT2D eigenvalue weighted by atomic mass is 16.5. The first kappa shape index (κ1) is 17.2. The molecule has 8 nitrogen and oxygen atoms in total. The van der Waals surface area contributed by atoms with Gasteiger partial charge in [-0.3, -0.25) is 4.79 Å². The first-order valence-electron chi connectivity index (χ1n) is 8.56. The van der Waals surface area contributed by atoms with Gasteiger partial charge in [-0.25, -0.2) is 10.9 Å². The Bertz CT molecular complexity index is 1010. The lowest BCUT2D eigenvalue weighted by molar-refractivity contribution is -0.120. The Kier molecular flexibility index (Phi) is 4.57. The Morgan fingerprint density at radius 2 is 2.04 bits per heavy atom. The number of hydrazine groups is 1. The molecule has 0 aliphatic carbocycles. The molecule has 1 saturated heterocycles. The molecule has 2 aromatic carbocycles. The van der Waals surface area contributed by atoms with E-state index in [2.05, 4.69) is 26.1 Å². The van der Waals surface area contributed by atoms with Gasteiger partial charge in [0.15, 0.2) is 5.69 Å². The van der Waals surface area contributed by atoms with Gasteiger partial charge in [0, 0.05) is 11.4 Å². The second-order valence-corrected chi connectivity index (χ2v) is 6.31. The van der Waals surface area contributed by atoms with Gasteiger partial charge in [-0.2, -0.15) is 0 Å². The molecule has 3 aromatic rings. The van der Waals surface area contributed by atoms with Crippen molar-refractivity contribution >= 4 is 22.5 Å². The molecule has 0 spiro atoms. The van der Waals surface area contributed by atoms with Crippen LogP contribution < -0.4 is 15.6 Å². The second-order valence-electron chi connectivity index (χ2n) is 6.31. The fourth-order valence-corrected chi connectivity index (χ4v) is 3.18. The minimum Gasteiger partial charge on any atom is -0.497 e. The van der Waals surface area contributed by atoms with Crippen LogP contribution in [0.2, 0.25) is 0 Å². The molecule has 4 N–H and O–H groups in total. The number of para-hydroxylation sites is 1. The third-order valence-electron chi connectivity index (χ3n) is 4.61. The molecule has 0 saturated carbocycles. The monoisotopic (exact) mass is 365 g/mol. The van der Waals surface area contributed by atoms with Gasteiger partial charge in [0.1, 0.15) is 11.8 Å². The van der Waals surface area contributed by atoms with Crippen LogP contribution in [0.1, 0.15) is 18.0 Å². The molecule has 138 valence electrons. The SMILES string of the molecule is COc1cccc(C2CC(C(=O)N=Nc3c(O)[nH]c4ccccc34)NN2)c1. The summed E-state index contributed by atoms with van der Waals surface area (Å²) in [5.74, 6) is 0.246. The number of hydrogen-bond donors (Lipinski definition) is 4. The zero-order valence-corrected chi connectivity index (χ0v) is 14.6. The average molecular weight is 365 g/mol. The molecule has 2 atom stereocenters. The minimum atomic E-state index is -0.503. The maximum absolute atomic E-state index is 12.4. The number of aromatic nitrogens is 1. The van der Waals surface area contributed by atoms with E-state index in [4.69, 9.17) is 4.74 Å². The lowest BCUT2D eigenvalue weighted by Crippen LogP contribution is -2.35. The van der Waals surface area contributed by atoms with E-state index in [1.54, 1.807) is 13.2 Å². The number of rotatable bonds is 4. The van der Waals surface area contributed by atoms with Gasteiger partial charge in [0.2, 0.25) is 5.88 Å². The molecule has 0 bridgehead atoms. The highest BCUT2D eigenvalue weighted by molar-refractivity contribution is 5.94. The summed E-state index contributed by atoms with van der Waals surface area (Å²) in [4.78, 5) is 15.2. The van der Waals surface area contributed by atoms with E-state index in [0.29, 0.717) is 11.8 Å². The lowest BCUT2D eigenvalue weighted by Gasteiger charge is -2.10. The fourth-order valence-electron chi connectivity index (χ4n) is 3.18. The number of aromatic hydroxyl groups is 1. The number of amides is 1. The van der Waals surface area contributed by atoms with Crippen molar-refractivity contribution in [3.05, 3.63) is 54.1 Å². The maximum atomic E-state index is 12.4. The molecule has 2 heterocycles. The fraction of sp³-hybridized carbons (Fsp3) is 0.211. The number of azo groups is 1. The zero-order valence-electron chi connectivity index (χ0n) is 14.6. The van der Waals surface area contributed by atoms with E-state index in [-0.39, 0.29) is 17.6 Å². The quantitative estimate of drug-likeness (QED) is 0.531. The highest BCUT2D eigenvalue weighted by Gasteiger charge is 2.30. The molecule has 2 unspecified atom stereocenters. The van der Waals surface area contributed by atoms with E-state index in [1.807, 2.05) is 42.5 Å². The van der Waals surface area contributed by atoms with E-state index in [9.17, 15) is 9.90 Å². The molecule has 1 amide bonds. The van der Waals surface area contributed by atoms with Crippen LogP contribution in [-0.2, 0) is 4.79 Å². The highest BCUT2D eigenvalue weighted by Crippen LogP contribution is 2.35. The van der Waals surface area contributed by atoms with E-state index in [1.165, 1.54) is 0 Å². The molecule has 1 aromatic heterocycles. The summed E-state index contributed by atoms with van der Waals surface area (Å²) in [5, 5.41) is 18.5. The smallest absolute Gasteiger partial charge is 0.282 e. The van der Waals surface area contributed by atoms with Gasteiger partial charge < -0.3 is 14.8 Å². The van der Waals surface area contributed by atoms with Gasteiger partial charge in [-0.1, -0.05) is 30.3 Å². The van der Waals surface area contributed by atoms with Gasteiger partial charge in [0.25, 0.3) is 5.91 Å². The summed E-state index contributed by atoms with van der Waals surface area (Å²) in [6.45, 7) is 0. The standard InChI is InChI=1S/C19H19N5O3/c1-27-12-6-4-5-11(9-12)15-10-16(22-21-15)18(25)24-23-17-13-7-2-3-8-14(13)20-19(17)26/h2-9,15-16,20-22,26H,10H2,1H3. The molecule has 1 aliphatic heterocycles. The molecule has 1 aliphatic rings. The minimum absolute atomic E-state index is 0.0364. The van der Waals surface area contributed by atoms with Crippen molar-refractivity contribution in [1.82, 2.24) is 15.8 Å². The number of nitrogens with zero attached hydrogens (tertiary/aromatic N) is 2. The Morgan fingerprint density at radius 3 is 2.89 bits per heavy atom. The van der Waals surface area contributed by atoms with Gasteiger partial charge >= 0.3 is 0 Å². The molecule has 27 heavy (non-hydrogen) atoms. The number of fused-ring (bicyclic) bond motifs is 1. The van der Waals surface area contributed by atoms with Gasteiger partial charge in [-0.15, -0.1) is 10.2 Å². The van der Waals surface area contributed by atoms with Crippen LogP contribution in [0.3, 0.4) is 0 Å². The molecule has 1 fully saturated rings. The predicted octanol–water partition coefficient (Wildman–Crippen LogP) is 3.10. The Morgan fingerprint density at radius 1 is 1.19 bits per heavy atom. The molecule has 4 rings (SSSR count). The summed E-state index contributed by atoms with van der Waals surface area (Å²) < 4.78 is 5.24. The molecular weight excluding hydrogens is 346 g/mol. The molecule has 8 heteroatoms. The largest absolute Gasteiger partial charge is 0.497 e. The Hall–Kier alpha value is -3.23. The van der Waals surface area contributed by atoms with Crippen molar-refractivity contribution in [3.8, 4) is 11.6 Å². The third kappa shape index (κ3) is 3.40. The number of benzene rings is 2. The van der Waals surface area contributed by atoms with E-state index >= 15 is 0 Å². The van der Waals surface area contributed by atoms with Crippen molar-refractivity contribution < 1.29 is 14.6 Å². The summed E-state index contributed by atoms with van der Waals surface area (Å²) in [5.41, 5.74) is 8.07. The zero-order chi connectivity index (χ0) is 18.8. The van der Waals surface area contributed by atoms with Crippen LogP contribution in [0, 0.1) is 0 Å². The topological polar surface area (TPSA) is 111 Å². The second kappa shape index (κ2) is 7.18. The molecule has 0 radical (unpaired) electrons. The summed E-state index contributed by atoms with van der Waals surface area (Å²) in [7, 11) is 1.62. The number of hydrogen-bond acceptors (Lipinski definition) is 6. The first-order chi connectivity index (χ1) is 13.2. The van der Waals surface area contributed by atoms with Crippen LogP contribution >= 0.6 is 0 Å². The van der Waals surface area contributed by atoms with Crippen LogP contribution in [0.4, 0.5) is 5.69 Å². The van der Waals surface area contributed by atoms with E-state index in [0.717, 1.165) is 16.8 Å². The van der Waals surface area contributed by atoms with Crippen molar-refractivity contribution in [2.45, 2.75) is 18.5 Å². The molecular formula is C19H19N5O3. The Balaban J connectivity index is 1.47. The number of nitrogens with one attached hydrogen (secondary N) is 3. The number of ether oxygens (including phenoxy) is 1. The summed E-state index contributed by atoms with van der Waals surface area (Å²) >= 11 is 0. The van der Waals surface area contributed by atoms with Gasteiger partial charge in [0.05, 0.1) is 12.6 Å². The predicted molar refractivity (Wildman–Crippen MR) is 99.9 cm³/mol.